The molecule has 1 fully saturated rings. The number of rotatable bonds is 3. The zero-order valence-corrected chi connectivity index (χ0v) is 12.7. The molecule has 1 atom stereocenters. The predicted octanol–water partition coefficient (Wildman–Crippen LogP) is 5.32. The van der Waals surface area contributed by atoms with Crippen LogP contribution in [0.15, 0.2) is 28.7 Å². The second-order valence-electron chi connectivity index (χ2n) is 5.82. The van der Waals surface area contributed by atoms with Crippen molar-refractivity contribution in [2.45, 2.75) is 44.6 Å². The van der Waals surface area contributed by atoms with Crippen LogP contribution in [0.4, 0.5) is 0 Å². The van der Waals surface area contributed by atoms with Crippen LogP contribution in [0.1, 0.15) is 50.3 Å². The van der Waals surface area contributed by atoms with Crippen molar-refractivity contribution < 1.29 is 4.42 Å². The molecule has 1 aliphatic rings. The summed E-state index contributed by atoms with van der Waals surface area (Å²) >= 11 is 6.22. The molecule has 3 heteroatoms. The molecule has 2 aromatic rings. The second kappa shape index (κ2) is 6.19. The number of para-hydroxylation sites is 1. The van der Waals surface area contributed by atoms with E-state index in [-0.39, 0.29) is 0 Å². The molecule has 0 bridgehead atoms. The monoisotopic (exact) mass is 291 g/mol. The van der Waals surface area contributed by atoms with Gasteiger partial charge in [0.25, 0.3) is 0 Å². The highest BCUT2D eigenvalue weighted by Crippen LogP contribution is 2.36. The molecule has 0 radical (unpaired) electrons. The normalized spacial score (nSPS) is 19.1. The van der Waals surface area contributed by atoms with E-state index in [2.05, 4.69) is 17.4 Å². The van der Waals surface area contributed by atoms with Crippen molar-refractivity contribution in [1.29, 1.82) is 0 Å². The van der Waals surface area contributed by atoms with Gasteiger partial charge in [-0.1, -0.05) is 49.4 Å². The molecule has 2 nitrogen and oxygen atoms in total. The number of fused-ring (bicyclic) bond motifs is 1. The first-order chi connectivity index (χ1) is 9.79. The van der Waals surface area contributed by atoms with Gasteiger partial charge in [-0.05, 0) is 37.9 Å². The number of hydrogen-bond acceptors (Lipinski definition) is 2. The summed E-state index contributed by atoms with van der Waals surface area (Å²) in [6.45, 7) is 0. The van der Waals surface area contributed by atoms with Gasteiger partial charge in [0.2, 0.25) is 0 Å². The minimum absolute atomic E-state index is 0.302. The predicted molar refractivity (Wildman–Crippen MR) is 84.2 cm³/mol. The van der Waals surface area contributed by atoms with Crippen molar-refractivity contribution >= 4 is 22.6 Å². The maximum absolute atomic E-state index is 6.22. The molecular weight excluding hydrogens is 270 g/mol. The Morgan fingerprint density at radius 2 is 1.95 bits per heavy atom. The van der Waals surface area contributed by atoms with Gasteiger partial charge in [0.1, 0.15) is 5.76 Å². The average Bonchev–Trinajstić information content (AvgIpc) is 2.70. The quantitative estimate of drug-likeness (QED) is 0.775. The van der Waals surface area contributed by atoms with Crippen LogP contribution in [0.5, 0.6) is 0 Å². The molecule has 20 heavy (non-hydrogen) atoms. The third kappa shape index (κ3) is 2.72. The Morgan fingerprint density at radius 1 is 1.20 bits per heavy atom. The fraction of sp³-hybridized carbons (Fsp3) is 0.529. The summed E-state index contributed by atoms with van der Waals surface area (Å²) in [6, 6.07) is 8.37. The Labute approximate surface area is 125 Å². The minimum Gasteiger partial charge on any atom is -0.458 e. The van der Waals surface area contributed by atoms with Gasteiger partial charge in [0.05, 0.1) is 11.1 Å². The minimum atomic E-state index is 0.302. The Balaban J connectivity index is 1.92. The Kier molecular flexibility index (Phi) is 4.32. The SMILES string of the molecule is CNC(c1cc2cccc(Cl)c2o1)C1CCCCCC1. The highest BCUT2D eigenvalue weighted by atomic mass is 35.5. The highest BCUT2D eigenvalue weighted by Gasteiger charge is 2.26. The first-order valence-electron chi connectivity index (χ1n) is 7.65. The summed E-state index contributed by atoms with van der Waals surface area (Å²) in [4.78, 5) is 0. The molecule has 1 unspecified atom stereocenters. The fourth-order valence-corrected chi connectivity index (χ4v) is 3.68. The van der Waals surface area contributed by atoms with Crippen LogP contribution in [-0.4, -0.2) is 7.05 Å². The zero-order valence-electron chi connectivity index (χ0n) is 12.0. The number of furan rings is 1. The summed E-state index contributed by atoms with van der Waals surface area (Å²) in [6.07, 6.45) is 8.00. The van der Waals surface area contributed by atoms with Gasteiger partial charge >= 0.3 is 0 Å². The summed E-state index contributed by atoms with van der Waals surface area (Å²) in [5.74, 6) is 1.70. The van der Waals surface area contributed by atoms with Crippen molar-refractivity contribution in [3.63, 3.8) is 0 Å². The van der Waals surface area contributed by atoms with Crippen LogP contribution >= 0.6 is 11.6 Å². The number of nitrogens with one attached hydrogen (secondary N) is 1. The van der Waals surface area contributed by atoms with Crippen molar-refractivity contribution in [2.75, 3.05) is 7.05 Å². The summed E-state index contributed by atoms with van der Waals surface area (Å²) in [7, 11) is 2.03. The molecule has 1 N–H and O–H groups in total. The van der Waals surface area contributed by atoms with E-state index in [1.807, 2.05) is 19.2 Å². The molecule has 0 spiro atoms. The van der Waals surface area contributed by atoms with E-state index in [0.717, 1.165) is 16.7 Å². The lowest BCUT2D eigenvalue weighted by Gasteiger charge is -2.23. The highest BCUT2D eigenvalue weighted by molar-refractivity contribution is 6.34. The van der Waals surface area contributed by atoms with Crippen LogP contribution in [-0.2, 0) is 0 Å². The summed E-state index contributed by atoms with van der Waals surface area (Å²) < 4.78 is 6.05. The van der Waals surface area contributed by atoms with Gasteiger partial charge in [-0.25, -0.2) is 0 Å². The summed E-state index contributed by atoms with van der Waals surface area (Å²) in [5, 5.41) is 5.26. The third-order valence-corrected chi connectivity index (χ3v) is 4.80. The van der Waals surface area contributed by atoms with E-state index in [1.54, 1.807) is 0 Å². The van der Waals surface area contributed by atoms with E-state index < -0.39 is 0 Å². The topological polar surface area (TPSA) is 25.2 Å². The smallest absolute Gasteiger partial charge is 0.152 e. The lowest BCUT2D eigenvalue weighted by atomic mass is 9.90. The van der Waals surface area contributed by atoms with E-state index >= 15 is 0 Å². The maximum Gasteiger partial charge on any atom is 0.152 e. The standard InChI is InChI=1S/C17H22ClNO/c1-19-16(12-7-4-2-3-5-8-12)15-11-13-9-6-10-14(18)17(13)20-15/h6,9-12,16,19H,2-5,7-8H2,1H3. The van der Waals surface area contributed by atoms with Crippen molar-refractivity contribution in [2.24, 2.45) is 5.92 Å². The zero-order chi connectivity index (χ0) is 13.9. The van der Waals surface area contributed by atoms with Gasteiger partial charge in [-0.3, -0.25) is 0 Å². The molecule has 1 aliphatic carbocycles. The molecule has 108 valence electrons. The van der Waals surface area contributed by atoms with E-state index in [0.29, 0.717) is 17.0 Å². The molecule has 1 heterocycles. The van der Waals surface area contributed by atoms with Gasteiger partial charge in [-0.15, -0.1) is 0 Å². The maximum atomic E-state index is 6.22. The largest absolute Gasteiger partial charge is 0.458 e. The molecule has 0 amide bonds. The molecule has 0 aliphatic heterocycles. The molecule has 0 saturated heterocycles. The van der Waals surface area contributed by atoms with Crippen molar-refractivity contribution in [1.82, 2.24) is 5.32 Å². The third-order valence-electron chi connectivity index (χ3n) is 4.50. The Morgan fingerprint density at radius 3 is 2.60 bits per heavy atom. The van der Waals surface area contributed by atoms with Crippen LogP contribution in [0, 0.1) is 5.92 Å². The molecule has 1 aromatic carbocycles. The number of hydrogen-bond donors (Lipinski definition) is 1. The van der Waals surface area contributed by atoms with Crippen LogP contribution in [0.25, 0.3) is 11.0 Å². The number of benzene rings is 1. The molecule has 1 aromatic heterocycles. The van der Waals surface area contributed by atoms with Crippen LogP contribution < -0.4 is 5.32 Å². The number of halogens is 1. The first-order valence-corrected chi connectivity index (χ1v) is 8.02. The van der Waals surface area contributed by atoms with E-state index in [1.165, 1.54) is 38.5 Å². The van der Waals surface area contributed by atoms with Crippen LogP contribution in [0.2, 0.25) is 5.02 Å². The van der Waals surface area contributed by atoms with Gasteiger partial charge in [0, 0.05) is 5.39 Å². The van der Waals surface area contributed by atoms with E-state index in [4.69, 9.17) is 16.0 Å². The van der Waals surface area contributed by atoms with Gasteiger partial charge < -0.3 is 9.73 Å². The Bertz CT molecular complexity index is 569. The molecular formula is C17H22ClNO. The molecule has 1 saturated carbocycles. The lowest BCUT2D eigenvalue weighted by Crippen LogP contribution is -2.24. The fourth-order valence-electron chi connectivity index (χ4n) is 3.46. The van der Waals surface area contributed by atoms with Gasteiger partial charge in [-0.2, -0.15) is 0 Å². The molecule has 3 rings (SSSR count). The summed E-state index contributed by atoms with van der Waals surface area (Å²) in [5.41, 5.74) is 0.818. The van der Waals surface area contributed by atoms with Crippen molar-refractivity contribution in [3.05, 3.63) is 35.0 Å². The van der Waals surface area contributed by atoms with Crippen molar-refractivity contribution in [3.8, 4) is 0 Å². The lowest BCUT2D eigenvalue weighted by molar-refractivity contribution is 0.302. The average molecular weight is 292 g/mol. The Hall–Kier alpha value is -0.990. The van der Waals surface area contributed by atoms with Gasteiger partial charge in [0.15, 0.2) is 5.58 Å². The first kappa shape index (κ1) is 14.0. The second-order valence-corrected chi connectivity index (χ2v) is 6.23. The van der Waals surface area contributed by atoms with Crippen LogP contribution in [0.3, 0.4) is 0 Å². The van der Waals surface area contributed by atoms with E-state index in [9.17, 15) is 0 Å².